The first-order valence-corrected chi connectivity index (χ1v) is 5.67. The number of hydrogen-bond donors (Lipinski definition) is 1. The average Bonchev–Trinajstić information content (AvgIpc) is 2.17. The molecule has 1 rings (SSSR count). The van der Waals surface area contributed by atoms with E-state index in [0.29, 0.717) is 0 Å². The maximum atomic E-state index is 11.5. The molecule has 1 amide bonds. The largest absolute Gasteiger partial charge is 0.343 e. The molecule has 0 aliphatic rings. The molecule has 0 saturated carbocycles. The van der Waals surface area contributed by atoms with E-state index >= 15 is 0 Å². The fourth-order valence-electron chi connectivity index (χ4n) is 1.20. The average molecular weight is 282 g/mol. The standard InChI is InChI=1S/C10H11Cl3N2O/c1-9(2,7-3-5-14-6-4-7)15-8(16)10(11,12)13/h3-6H,1-2H3,(H,15,16). The summed E-state index contributed by atoms with van der Waals surface area (Å²) in [4.78, 5) is 15.4. The van der Waals surface area contributed by atoms with Crippen LogP contribution in [0.3, 0.4) is 0 Å². The fraction of sp³-hybridized carbons (Fsp3) is 0.400. The Bertz CT molecular complexity index is 373. The van der Waals surface area contributed by atoms with Gasteiger partial charge in [-0.2, -0.15) is 0 Å². The molecular weight excluding hydrogens is 270 g/mol. The predicted molar refractivity (Wildman–Crippen MR) is 65.7 cm³/mol. The number of nitrogens with zero attached hydrogens (tertiary/aromatic N) is 1. The third-order valence-electron chi connectivity index (χ3n) is 2.09. The van der Waals surface area contributed by atoms with Gasteiger partial charge in [-0.25, -0.2) is 0 Å². The van der Waals surface area contributed by atoms with Gasteiger partial charge in [0.25, 0.3) is 9.70 Å². The van der Waals surface area contributed by atoms with E-state index in [0.717, 1.165) is 5.56 Å². The molecular formula is C10H11Cl3N2O. The number of halogens is 3. The van der Waals surface area contributed by atoms with Crippen LogP contribution in [0.1, 0.15) is 19.4 Å². The zero-order chi connectivity index (χ0) is 12.4. The number of carbonyl (C=O) groups excluding carboxylic acids is 1. The molecule has 0 fully saturated rings. The highest BCUT2D eigenvalue weighted by atomic mass is 35.6. The number of alkyl halides is 3. The Morgan fingerprint density at radius 1 is 1.25 bits per heavy atom. The number of nitrogens with one attached hydrogen (secondary N) is 1. The summed E-state index contributed by atoms with van der Waals surface area (Å²) in [6, 6.07) is 3.58. The second kappa shape index (κ2) is 4.78. The van der Waals surface area contributed by atoms with Gasteiger partial charge in [0.05, 0.1) is 5.54 Å². The van der Waals surface area contributed by atoms with Gasteiger partial charge in [-0.15, -0.1) is 0 Å². The van der Waals surface area contributed by atoms with Crippen LogP contribution in [-0.2, 0) is 10.3 Å². The molecule has 0 aliphatic heterocycles. The van der Waals surface area contributed by atoms with Gasteiger partial charge in [-0.3, -0.25) is 9.78 Å². The molecule has 1 N–H and O–H groups in total. The van der Waals surface area contributed by atoms with Crippen molar-refractivity contribution in [1.82, 2.24) is 10.3 Å². The number of hydrogen-bond acceptors (Lipinski definition) is 2. The van der Waals surface area contributed by atoms with Gasteiger partial charge >= 0.3 is 0 Å². The van der Waals surface area contributed by atoms with Crippen LogP contribution in [0.25, 0.3) is 0 Å². The molecule has 0 spiro atoms. The minimum atomic E-state index is -1.95. The Labute approximate surface area is 109 Å². The molecule has 0 atom stereocenters. The lowest BCUT2D eigenvalue weighted by Crippen LogP contribution is -2.46. The van der Waals surface area contributed by atoms with Crippen molar-refractivity contribution in [2.45, 2.75) is 23.2 Å². The molecule has 0 bridgehead atoms. The van der Waals surface area contributed by atoms with Crippen molar-refractivity contribution in [3.05, 3.63) is 30.1 Å². The summed E-state index contributed by atoms with van der Waals surface area (Å²) in [5, 5.41) is 2.65. The Kier molecular flexibility index (Phi) is 4.05. The molecule has 1 aromatic rings. The van der Waals surface area contributed by atoms with Crippen LogP contribution in [0, 0.1) is 0 Å². The minimum Gasteiger partial charge on any atom is -0.343 e. The van der Waals surface area contributed by atoms with Crippen LogP contribution >= 0.6 is 34.8 Å². The third-order valence-corrected chi connectivity index (χ3v) is 2.60. The predicted octanol–water partition coefficient (Wildman–Crippen LogP) is 2.80. The van der Waals surface area contributed by atoms with E-state index in [1.807, 2.05) is 13.8 Å². The van der Waals surface area contributed by atoms with Gasteiger partial charge in [0, 0.05) is 12.4 Å². The van der Waals surface area contributed by atoms with E-state index in [1.54, 1.807) is 24.5 Å². The maximum absolute atomic E-state index is 11.5. The number of amides is 1. The Morgan fingerprint density at radius 3 is 2.19 bits per heavy atom. The highest BCUT2D eigenvalue weighted by Gasteiger charge is 2.35. The van der Waals surface area contributed by atoms with Crippen LogP contribution < -0.4 is 5.32 Å². The number of aromatic nitrogens is 1. The van der Waals surface area contributed by atoms with Crippen molar-refractivity contribution < 1.29 is 4.79 Å². The summed E-state index contributed by atoms with van der Waals surface area (Å²) in [7, 11) is 0. The maximum Gasteiger partial charge on any atom is 0.272 e. The highest BCUT2D eigenvalue weighted by molar-refractivity contribution is 6.76. The van der Waals surface area contributed by atoms with E-state index in [-0.39, 0.29) is 0 Å². The van der Waals surface area contributed by atoms with Crippen molar-refractivity contribution in [2.24, 2.45) is 0 Å². The summed E-state index contributed by atoms with van der Waals surface area (Å²) in [5.74, 6) is -0.653. The zero-order valence-electron chi connectivity index (χ0n) is 8.80. The molecule has 16 heavy (non-hydrogen) atoms. The van der Waals surface area contributed by atoms with E-state index < -0.39 is 15.2 Å². The Morgan fingerprint density at radius 2 is 1.75 bits per heavy atom. The van der Waals surface area contributed by atoms with Gasteiger partial charge in [0.2, 0.25) is 0 Å². The Balaban J connectivity index is 2.85. The first-order chi connectivity index (χ1) is 7.23. The summed E-state index contributed by atoms with van der Waals surface area (Å²) in [5.41, 5.74) is 0.259. The molecule has 0 saturated heterocycles. The lowest BCUT2D eigenvalue weighted by Gasteiger charge is -2.28. The monoisotopic (exact) mass is 280 g/mol. The normalized spacial score (nSPS) is 12.3. The van der Waals surface area contributed by atoms with Crippen molar-refractivity contribution in [2.75, 3.05) is 0 Å². The lowest BCUT2D eigenvalue weighted by molar-refractivity contribution is -0.121. The van der Waals surface area contributed by atoms with E-state index in [2.05, 4.69) is 10.3 Å². The second-order valence-corrected chi connectivity index (χ2v) is 6.09. The van der Waals surface area contributed by atoms with Crippen LogP contribution in [0.2, 0.25) is 0 Å². The smallest absolute Gasteiger partial charge is 0.272 e. The third kappa shape index (κ3) is 3.51. The molecule has 0 aliphatic carbocycles. The van der Waals surface area contributed by atoms with Crippen LogP contribution in [0.5, 0.6) is 0 Å². The topological polar surface area (TPSA) is 42.0 Å². The quantitative estimate of drug-likeness (QED) is 0.847. The summed E-state index contributed by atoms with van der Waals surface area (Å²) >= 11 is 16.5. The first kappa shape index (κ1) is 13.6. The fourth-order valence-corrected chi connectivity index (χ4v) is 1.34. The van der Waals surface area contributed by atoms with E-state index in [4.69, 9.17) is 34.8 Å². The molecule has 0 aromatic carbocycles. The molecule has 0 radical (unpaired) electrons. The van der Waals surface area contributed by atoms with E-state index in [1.165, 1.54) is 0 Å². The van der Waals surface area contributed by atoms with E-state index in [9.17, 15) is 4.79 Å². The second-order valence-electron chi connectivity index (χ2n) is 3.81. The SMILES string of the molecule is CC(C)(NC(=O)C(Cl)(Cl)Cl)c1ccncc1. The number of carbonyl (C=O) groups is 1. The van der Waals surface area contributed by atoms with Crippen molar-refractivity contribution in [3.63, 3.8) is 0 Å². The first-order valence-electron chi connectivity index (χ1n) is 4.53. The van der Waals surface area contributed by atoms with Gasteiger partial charge in [0.1, 0.15) is 0 Å². The van der Waals surface area contributed by atoms with Crippen LogP contribution in [0.4, 0.5) is 0 Å². The van der Waals surface area contributed by atoms with Crippen molar-refractivity contribution in [3.8, 4) is 0 Å². The molecule has 1 aromatic heterocycles. The van der Waals surface area contributed by atoms with Crippen LogP contribution in [-0.4, -0.2) is 14.7 Å². The molecule has 6 heteroatoms. The molecule has 88 valence electrons. The lowest BCUT2D eigenvalue weighted by atomic mass is 9.95. The number of rotatable bonds is 2. The zero-order valence-corrected chi connectivity index (χ0v) is 11.1. The van der Waals surface area contributed by atoms with Crippen molar-refractivity contribution in [1.29, 1.82) is 0 Å². The Hall–Kier alpha value is -0.510. The molecule has 3 nitrogen and oxygen atoms in total. The summed E-state index contributed by atoms with van der Waals surface area (Å²) in [6.45, 7) is 3.63. The van der Waals surface area contributed by atoms with Crippen molar-refractivity contribution >= 4 is 40.7 Å². The summed E-state index contributed by atoms with van der Waals surface area (Å²) in [6.07, 6.45) is 3.27. The highest BCUT2D eigenvalue weighted by Crippen LogP contribution is 2.28. The molecule has 1 heterocycles. The van der Waals surface area contributed by atoms with Gasteiger partial charge in [0.15, 0.2) is 0 Å². The number of pyridine rings is 1. The van der Waals surface area contributed by atoms with Gasteiger partial charge in [-0.05, 0) is 31.5 Å². The molecule has 0 unspecified atom stereocenters. The van der Waals surface area contributed by atoms with Gasteiger partial charge < -0.3 is 5.32 Å². The van der Waals surface area contributed by atoms with Gasteiger partial charge in [-0.1, -0.05) is 34.8 Å². The minimum absolute atomic E-state index is 0.621. The van der Waals surface area contributed by atoms with Crippen LogP contribution in [0.15, 0.2) is 24.5 Å². The summed E-state index contributed by atoms with van der Waals surface area (Å²) < 4.78 is -1.95.